The molecule has 1 atom stereocenters. The molecule has 0 saturated heterocycles. The standard InChI is InChI=1S/C22H23NO2S/c1-15-8-11-21(25-3)20(12-15)23-22(24)16(2)26-14-17-9-10-18-6-4-5-7-19(18)13-17/h4-13,16H,14H2,1-3H3,(H,23,24). The van der Waals surface area contributed by atoms with Gasteiger partial charge in [0, 0.05) is 5.75 Å². The number of ether oxygens (including phenoxy) is 1. The highest BCUT2D eigenvalue weighted by Crippen LogP contribution is 2.27. The van der Waals surface area contributed by atoms with Crippen molar-refractivity contribution < 1.29 is 9.53 Å². The van der Waals surface area contributed by atoms with Gasteiger partial charge < -0.3 is 10.1 Å². The maximum atomic E-state index is 12.5. The van der Waals surface area contributed by atoms with Crippen LogP contribution in [0.5, 0.6) is 5.75 Å². The van der Waals surface area contributed by atoms with Crippen molar-refractivity contribution in [3.8, 4) is 5.75 Å². The largest absolute Gasteiger partial charge is 0.495 e. The van der Waals surface area contributed by atoms with Crippen LogP contribution in [0.4, 0.5) is 5.69 Å². The average molecular weight is 365 g/mol. The molecule has 0 heterocycles. The molecule has 0 fully saturated rings. The molecule has 3 rings (SSSR count). The predicted molar refractivity (Wildman–Crippen MR) is 111 cm³/mol. The fraction of sp³-hybridized carbons (Fsp3) is 0.227. The maximum Gasteiger partial charge on any atom is 0.237 e. The van der Waals surface area contributed by atoms with Crippen LogP contribution in [-0.2, 0) is 10.5 Å². The van der Waals surface area contributed by atoms with E-state index in [1.165, 1.54) is 16.3 Å². The maximum absolute atomic E-state index is 12.5. The lowest BCUT2D eigenvalue weighted by Crippen LogP contribution is -2.23. The van der Waals surface area contributed by atoms with Crippen molar-refractivity contribution in [1.82, 2.24) is 0 Å². The molecule has 0 aliphatic carbocycles. The molecule has 0 aliphatic rings. The number of rotatable bonds is 6. The molecular weight excluding hydrogens is 342 g/mol. The monoisotopic (exact) mass is 365 g/mol. The van der Waals surface area contributed by atoms with Gasteiger partial charge in [0.15, 0.2) is 0 Å². The third-order valence-corrected chi connectivity index (χ3v) is 5.51. The zero-order valence-electron chi connectivity index (χ0n) is 15.3. The van der Waals surface area contributed by atoms with Crippen molar-refractivity contribution in [2.45, 2.75) is 24.9 Å². The Hall–Kier alpha value is -2.46. The Morgan fingerprint density at radius 1 is 1.08 bits per heavy atom. The Morgan fingerprint density at radius 2 is 1.85 bits per heavy atom. The first-order valence-electron chi connectivity index (χ1n) is 8.61. The number of carbonyl (C=O) groups is 1. The van der Waals surface area contributed by atoms with E-state index in [-0.39, 0.29) is 11.2 Å². The summed E-state index contributed by atoms with van der Waals surface area (Å²) in [4.78, 5) is 12.5. The second kappa shape index (κ2) is 8.28. The van der Waals surface area contributed by atoms with E-state index in [9.17, 15) is 4.79 Å². The molecule has 0 spiro atoms. The highest BCUT2D eigenvalue weighted by molar-refractivity contribution is 7.99. The van der Waals surface area contributed by atoms with Gasteiger partial charge in [-0.1, -0.05) is 48.5 Å². The minimum atomic E-state index is -0.160. The van der Waals surface area contributed by atoms with E-state index in [0.29, 0.717) is 5.75 Å². The normalized spacial score (nSPS) is 12.0. The summed E-state index contributed by atoms with van der Waals surface area (Å²) in [6.07, 6.45) is 0. The first-order valence-corrected chi connectivity index (χ1v) is 9.66. The lowest BCUT2D eigenvalue weighted by molar-refractivity contribution is -0.115. The van der Waals surface area contributed by atoms with E-state index in [0.717, 1.165) is 17.0 Å². The molecule has 1 N–H and O–H groups in total. The fourth-order valence-electron chi connectivity index (χ4n) is 2.78. The van der Waals surface area contributed by atoms with Gasteiger partial charge in [-0.05, 0) is 47.9 Å². The van der Waals surface area contributed by atoms with Crippen molar-refractivity contribution in [2.24, 2.45) is 0 Å². The van der Waals surface area contributed by atoms with Crippen LogP contribution in [0.3, 0.4) is 0 Å². The average Bonchev–Trinajstić information content (AvgIpc) is 2.66. The molecule has 0 saturated carbocycles. The quantitative estimate of drug-likeness (QED) is 0.634. The van der Waals surface area contributed by atoms with Crippen LogP contribution in [0.1, 0.15) is 18.1 Å². The van der Waals surface area contributed by atoms with Gasteiger partial charge in [-0.3, -0.25) is 4.79 Å². The van der Waals surface area contributed by atoms with Crippen LogP contribution >= 0.6 is 11.8 Å². The molecule has 26 heavy (non-hydrogen) atoms. The Morgan fingerprint density at radius 3 is 2.62 bits per heavy atom. The Bertz CT molecular complexity index is 923. The zero-order chi connectivity index (χ0) is 18.5. The van der Waals surface area contributed by atoms with Crippen LogP contribution in [0.15, 0.2) is 60.7 Å². The van der Waals surface area contributed by atoms with Crippen molar-refractivity contribution >= 4 is 34.1 Å². The van der Waals surface area contributed by atoms with Crippen molar-refractivity contribution in [3.63, 3.8) is 0 Å². The van der Waals surface area contributed by atoms with E-state index in [2.05, 4.69) is 35.6 Å². The van der Waals surface area contributed by atoms with Crippen molar-refractivity contribution in [2.75, 3.05) is 12.4 Å². The fourth-order valence-corrected chi connectivity index (χ4v) is 3.61. The second-order valence-corrected chi connectivity index (χ2v) is 7.66. The van der Waals surface area contributed by atoms with E-state index in [1.54, 1.807) is 18.9 Å². The summed E-state index contributed by atoms with van der Waals surface area (Å²) >= 11 is 1.63. The van der Waals surface area contributed by atoms with Crippen LogP contribution < -0.4 is 10.1 Å². The number of amides is 1. The van der Waals surface area contributed by atoms with Crippen LogP contribution in [0.2, 0.25) is 0 Å². The van der Waals surface area contributed by atoms with Gasteiger partial charge in [0.2, 0.25) is 5.91 Å². The van der Waals surface area contributed by atoms with Gasteiger partial charge in [-0.15, -0.1) is 11.8 Å². The van der Waals surface area contributed by atoms with E-state index in [4.69, 9.17) is 4.74 Å². The minimum absolute atomic E-state index is 0.0142. The van der Waals surface area contributed by atoms with Crippen molar-refractivity contribution in [1.29, 1.82) is 0 Å². The lowest BCUT2D eigenvalue weighted by Gasteiger charge is -2.15. The van der Waals surface area contributed by atoms with E-state index < -0.39 is 0 Å². The number of hydrogen-bond donors (Lipinski definition) is 1. The SMILES string of the molecule is COc1ccc(C)cc1NC(=O)C(C)SCc1ccc2ccccc2c1. The summed E-state index contributed by atoms with van der Waals surface area (Å²) in [6, 6.07) is 20.5. The lowest BCUT2D eigenvalue weighted by atomic mass is 10.1. The van der Waals surface area contributed by atoms with E-state index in [1.807, 2.05) is 44.2 Å². The molecule has 3 aromatic carbocycles. The van der Waals surface area contributed by atoms with E-state index >= 15 is 0 Å². The molecule has 0 aromatic heterocycles. The molecule has 1 amide bonds. The highest BCUT2D eigenvalue weighted by Gasteiger charge is 2.16. The first-order chi connectivity index (χ1) is 12.6. The van der Waals surface area contributed by atoms with Crippen molar-refractivity contribution in [3.05, 3.63) is 71.8 Å². The summed E-state index contributed by atoms with van der Waals surface area (Å²) in [6.45, 7) is 3.93. The molecule has 3 nitrogen and oxygen atoms in total. The molecular formula is C22H23NO2S. The Labute approximate surface area is 158 Å². The number of anilines is 1. The highest BCUT2D eigenvalue weighted by atomic mass is 32.2. The van der Waals surface area contributed by atoms with Crippen LogP contribution in [-0.4, -0.2) is 18.3 Å². The summed E-state index contributed by atoms with van der Waals surface area (Å²) in [5, 5.41) is 5.29. The number of thioether (sulfide) groups is 1. The Balaban J connectivity index is 1.63. The van der Waals surface area contributed by atoms with Gasteiger partial charge in [0.25, 0.3) is 0 Å². The van der Waals surface area contributed by atoms with Gasteiger partial charge in [-0.2, -0.15) is 0 Å². The number of hydrogen-bond acceptors (Lipinski definition) is 3. The zero-order valence-corrected chi connectivity index (χ0v) is 16.1. The number of methoxy groups -OCH3 is 1. The van der Waals surface area contributed by atoms with Gasteiger partial charge in [0.1, 0.15) is 5.75 Å². The molecule has 4 heteroatoms. The molecule has 0 bridgehead atoms. The number of benzene rings is 3. The topological polar surface area (TPSA) is 38.3 Å². The molecule has 3 aromatic rings. The summed E-state index contributed by atoms with van der Waals surface area (Å²) in [5.74, 6) is 1.46. The summed E-state index contributed by atoms with van der Waals surface area (Å²) < 4.78 is 5.33. The molecule has 1 unspecified atom stereocenters. The molecule has 0 aliphatic heterocycles. The van der Waals surface area contributed by atoms with Gasteiger partial charge >= 0.3 is 0 Å². The summed E-state index contributed by atoms with van der Waals surface area (Å²) in [7, 11) is 1.61. The third-order valence-electron chi connectivity index (χ3n) is 4.30. The van der Waals surface area contributed by atoms with Gasteiger partial charge in [0.05, 0.1) is 18.0 Å². The smallest absolute Gasteiger partial charge is 0.237 e. The third kappa shape index (κ3) is 4.38. The van der Waals surface area contributed by atoms with Crippen LogP contribution in [0, 0.1) is 6.92 Å². The van der Waals surface area contributed by atoms with Crippen LogP contribution in [0.25, 0.3) is 10.8 Å². The number of nitrogens with one attached hydrogen (secondary N) is 1. The second-order valence-electron chi connectivity index (χ2n) is 6.33. The minimum Gasteiger partial charge on any atom is -0.495 e. The first kappa shape index (κ1) is 18.3. The molecule has 0 radical (unpaired) electrons. The predicted octanol–water partition coefficient (Wildman–Crippen LogP) is 5.42. The molecule has 134 valence electrons. The number of fused-ring (bicyclic) bond motifs is 1. The number of aryl methyl sites for hydroxylation is 1. The van der Waals surface area contributed by atoms with Gasteiger partial charge in [-0.25, -0.2) is 0 Å². The Kier molecular flexibility index (Phi) is 5.84. The summed E-state index contributed by atoms with van der Waals surface area (Å²) in [5.41, 5.74) is 3.02. The number of carbonyl (C=O) groups excluding carboxylic acids is 1.